The number of hydrogen-bond donors (Lipinski definition) is 0. The summed E-state index contributed by atoms with van der Waals surface area (Å²) in [5.74, 6) is -0.190. The Labute approximate surface area is 78.4 Å². The van der Waals surface area contributed by atoms with E-state index in [-0.39, 0.29) is 12.3 Å². The summed E-state index contributed by atoms with van der Waals surface area (Å²) in [7, 11) is 0. The van der Waals surface area contributed by atoms with Gasteiger partial charge in [0.2, 0.25) is 5.78 Å². The average molecular weight is 225 g/mol. The van der Waals surface area contributed by atoms with Crippen LogP contribution in [0.5, 0.6) is 0 Å². The molecule has 0 fully saturated rings. The molecule has 3 nitrogen and oxygen atoms in total. The van der Waals surface area contributed by atoms with Crippen molar-refractivity contribution < 1.29 is 4.79 Å². The Morgan fingerprint density at radius 1 is 1.67 bits per heavy atom. The third-order valence-electron chi connectivity index (χ3n) is 1.27. The van der Waals surface area contributed by atoms with Gasteiger partial charge in [0.1, 0.15) is 4.60 Å². The minimum Gasteiger partial charge on any atom is -0.308 e. The molecule has 1 rings (SSSR count). The van der Waals surface area contributed by atoms with Gasteiger partial charge < -0.3 is 4.85 Å². The van der Waals surface area contributed by atoms with E-state index in [4.69, 9.17) is 6.57 Å². The second-order valence-corrected chi connectivity index (χ2v) is 2.92. The van der Waals surface area contributed by atoms with E-state index < -0.39 is 0 Å². The minimum absolute atomic E-state index is 0.108. The van der Waals surface area contributed by atoms with E-state index in [0.29, 0.717) is 10.2 Å². The van der Waals surface area contributed by atoms with Gasteiger partial charge in [-0.3, -0.25) is 4.79 Å². The molecule has 0 aliphatic carbocycles. The van der Waals surface area contributed by atoms with Crippen molar-refractivity contribution in [3.05, 3.63) is 39.9 Å². The molecule has 4 heteroatoms. The zero-order valence-electron chi connectivity index (χ0n) is 6.12. The first-order chi connectivity index (χ1) is 5.74. The molecular weight excluding hydrogens is 220 g/mol. The van der Waals surface area contributed by atoms with Gasteiger partial charge in [-0.25, -0.2) is 11.6 Å². The van der Waals surface area contributed by atoms with Crippen molar-refractivity contribution in [2.75, 3.05) is 6.54 Å². The number of carbonyl (C=O) groups excluding carboxylic acids is 1. The largest absolute Gasteiger partial charge is 0.308 e. The molecule has 12 heavy (non-hydrogen) atoms. The molecule has 0 spiro atoms. The van der Waals surface area contributed by atoms with Gasteiger partial charge in [-0.2, -0.15) is 0 Å². The second kappa shape index (κ2) is 3.98. The summed E-state index contributed by atoms with van der Waals surface area (Å²) in [4.78, 5) is 18.0. The summed E-state index contributed by atoms with van der Waals surface area (Å²) < 4.78 is 0.682. The van der Waals surface area contributed by atoms with Gasteiger partial charge >= 0.3 is 0 Å². The number of rotatable bonds is 2. The van der Waals surface area contributed by atoms with Gasteiger partial charge in [-0.05, 0) is 28.1 Å². The van der Waals surface area contributed by atoms with Crippen LogP contribution in [0.25, 0.3) is 4.85 Å². The van der Waals surface area contributed by atoms with Crippen molar-refractivity contribution in [2.24, 2.45) is 0 Å². The quantitative estimate of drug-likeness (QED) is 0.438. The van der Waals surface area contributed by atoms with Crippen LogP contribution >= 0.6 is 15.9 Å². The number of nitrogens with zero attached hydrogens (tertiary/aromatic N) is 2. The number of ketones is 1. The Balaban J connectivity index is 2.84. The third-order valence-corrected chi connectivity index (χ3v) is 1.74. The molecule has 0 atom stereocenters. The maximum absolute atomic E-state index is 11.1. The van der Waals surface area contributed by atoms with Gasteiger partial charge in [0.15, 0.2) is 0 Å². The van der Waals surface area contributed by atoms with Crippen LogP contribution in [0.3, 0.4) is 0 Å². The minimum atomic E-state index is -0.190. The molecule has 0 aliphatic heterocycles. The van der Waals surface area contributed by atoms with Crippen molar-refractivity contribution >= 4 is 21.7 Å². The Bertz CT molecular complexity index is 326. The summed E-state index contributed by atoms with van der Waals surface area (Å²) >= 11 is 3.15. The number of aromatic nitrogens is 1. The van der Waals surface area contributed by atoms with E-state index in [1.807, 2.05) is 0 Å². The van der Waals surface area contributed by atoms with Gasteiger partial charge in [-0.1, -0.05) is 0 Å². The van der Waals surface area contributed by atoms with Crippen molar-refractivity contribution in [1.82, 2.24) is 4.98 Å². The average Bonchev–Trinajstić information content (AvgIpc) is 2.06. The highest BCUT2D eigenvalue weighted by molar-refractivity contribution is 9.10. The van der Waals surface area contributed by atoms with Gasteiger partial charge in [0.05, 0.1) is 0 Å². The van der Waals surface area contributed by atoms with Crippen molar-refractivity contribution in [3.63, 3.8) is 0 Å². The monoisotopic (exact) mass is 224 g/mol. The Kier molecular flexibility index (Phi) is 2.94. The van der Waals surface area contributed by atoms with Crippen molar-refractivity contribution in [3.8, 4) is 0 Å². The van der Waals surface area contributed by atoms with E-state index >= 15 is 0 Å². The van der Waals surface area contributed by atoms with Crippen LogP contribution in [0, 0.1) is 6.57 Å². The zero-order chi connectivity index (χ0) is 8.97. The Hall–Kier alpha value is -1.21. The topological polar surface area (TPSA) is 34.3 Å². The van der Waals surface area contributed by atoms with Crippen molar-refractivity contribution in [1.29, 1.82) is 0 Å². The molecule has 60 valence electrons. The highest BCUT2D eigenvalue weighted by Gasteiger charge is 2.07. The molecule has 0 N–H and O–H groups in total. The van der Waals surface area contributed by atoms with Crippen LogP contribution in [0.2, 0.25) is 0 Å². The normalized spacial score (nSPS) is 9.00. The van der Waals surface area contributed by atoms with E-state index in [2.05, 4.69) is 25.8 Å². The fraction of sp³-hybridized carbons (Fsp3) is 0.125. The molecule has 1 aromatic heterocycles. The number of pyridine rings is 1. The van der Waals surface area contributed by atoms with E-state index in [9.17, 15) is 4.79 Å². The van der Waals surface area contributed by atoms with Gasteiger partial charge in [0, 0.05) is 11.8 Å². The summed E-state index contributed by atoms with van der Waals surface area (Å²) in [5, 5.41) is 0. The highest BCUT2D eigenvalue weighted by Crippen LogP contribution is 2.06. The number of halogens is 1. The standard InChI is InChI=1S/C8H5BrN2O/c1-10-5-7(12)6-2-3-8(9)11-4-6/h2-4H,5H2. The predicted octanol–water partition coefficient (Wildman–Crippen LogP) is 1.95. The molecule has 0 unspecified atom stereocenters. The number of carbonyl (C=O) groups is 1. The summed E-state index contributed by atoms with van der Waals surface area (Å²) in [6.07, 6.45) is 1.46. The highest BCUT2D eigenvalue weighted by atomic mass is 79.9. The third kappa shape index (κ3) is 2.14. The SMILES string of the molecule is [C-]#[N+]CC(=O)c1ccc(Br)nc1. The first-order valence-corrected chi connectivity index (χ1v) is 4.01. The lowest BCUT2D eigenvalue weighted by atomic mass is 10.2. The Morgan fingerprint density at radius 3 is 2.92 bits per heavy atom. The van der Waals surface area contributed by atoms with Gasteiger partial charge in [-0.15, -0.1) is 0 Å². The maximum Gasteiger partial charge on any atom is 0.276 e. The van der Waals surface area contributed by atoms with E-state index in [0.717, 1.165) is 0 Å². The zero-order valence-corrected chi connectivity index (χ0v) is 7.71. The fourth-order valence-corrected chi connectivity index (χ4v) is 0.938. The Morgan fingerprint density at radius 2 is 2.42 bits per heavy atom. The summed E-state index contributed by atoms with van der Waals surface area (Å²) in [6, 6.07) is 3.32. The molecule has 0 aliphatic rings. The van der Waals surface area contributed by atoms with Crippen LogP contribution in [0.4, 0.5) is 0 Å². The molecular formula is C8H5BrN2O. The van der Waals surface area contributed by atoms with Crippen LogP contribution in [-0.2, 0) is 0 Å². The lowest BCUT2D eigenvalue weighted by Gasteiger charge is -1.92. The van der Waals surface area contributed by atoms with Gasteiger partial charge in [0.25, 0.3) is 6.54 Å². The second-order valence-electron chi connectivity index (χ2n) is 2.11. The van der Waals surface area contributed by atoms with E-state index in [1.54, 1.807) is 12.1 Å². The van der Waals surface area contributed by atoms with E-state index in [1.165, 1.54) is 6.20 Å². The molecule has 0 radical (unpaired) electrons. The first kappa shape index (κ1) is 8.88. The fourth-order valence-electron chi connectivity index (χ4n) is 0.704. The van der Waals surface area contributed by atoms with Crippen molar-refractivity contribution in [2.45, 2.75) is 0 Å². The molecule has 0 amide bonds. The molecule has 0 saturated heterocycles. The number of hydrogen-bond acceptors (Lipinski definition) is 2. The molecule has 1 aromatic rings. The summed E-state index contributed by atoms with van der Waals surface area (Å²) in [5.41, 5.74) is 0.481. The molecule has 0 aromatic carbocycles. The molecule has 0 saturated carbocycles. The predicted molar refractivity (Wildman–Crippen MR) is 47.7 cm³/mol. The maximum atomic E-state index is 11.1. The summed E-state index contributed by atoms with van der Waals surface area (Å²) in [6.45, 7) is 6.39. The smallest absolute Gasteiger partial charge is 0.276 e. The van der Waals surface area contributed by atoms with Crippen LogP contribution in [-0.4, -0.2) is 17.3 Å². The lowest BCUT2D eigenvalue weighted by Crippen LogP contribution is -2.01. The van der Waals surface area contributed by atoms with Crippen LogP contribution in [0.1, 0.15) is 10.4 Å². The first-order valence-electron chi connectivity index (χ1n) is 3.22. The molecule has 1 heterocycles. The molecule has 0 bridgehead atoms. The number of Topliss-reactive ketones (excluding diaryl/α,β-unsaturated/α-hetero) is 1. The van der Waals surface area contributed by atoms with Crippen LogP contribution in [0.15, 0.2) is 22.9 Å². The van der Waals surface area contributed by atoms with Crippen LogP contribution < -0.4 is 0 Å². The lowest BCUT2D eigenvalue weighted by molar-refractivity contribution is 0.101.